The van der Waals surface area contributed by atoms with E-state index in [9.17, 15) is 13.6 Å². The topological polar surface area (TPSA) is 30.0 Å². The molecule has 0 bridgehead atoms. The molecule has 0 aliphatic rings. The molecule has 2 aromatic rings. The minimum Gasteiger partial charge on any atom is -0.294 e. The summed E-state index contributed by atoms with van der Waals surface area (Å²) in [5, 5.41) is -0.336. The van der Waals surface area contributed by atoms with Gasteiger partial charge in [-0.3, -0.25) is 9.78 Å². The molecule has 88 valence electrons. The number of benzene rings is 1. The molecule has 17 heavy (non-hydrogen) atoms. The monoisotopic (exact) mass is 273 g/mol. The van der Waals surface area contributed by atoms with Crippen LogP contribution in [0.5, 0.6) is 0 Å². The lowest BCUT2D eigenvalue weighted by molar-refractivity contribution is 0.0989. The normalized spacial score (nSPS) is 10.5. The third kappa shape index (κ3) is 2.68. The van der Waals surface area contributed by atoms with E-state index in [1.165, 1.54) is 17.5 Å². The van der Waals surface area contributed by atoms with Crippen molar-refractivity contribution in [2.75, 3.05) is 0 Å². The third-order valence-corrected chi connectivity index (χ3v) is 3.20. The van der Waals surface area contributed by atoms with Crippen molar-refractivity contribution in [1.82, 2.24) is 4.98 Å². The molecule has 0 radical (unpaired) electrons. The third-order valence-electron chi connectivity index (χ3n) is 2.13. The van der Waals surface area contributed by atoms with Gasteiger partial charge in [-0.2, -0.15) is 0 Å². The van der Waals surface area contributed by atoms with E-state index in [1.807, 2.05) is 0 Å². The fraction of sp³-hybridized carbons (Fsp3) is 0.0909. The quantitative estimate of drug-likeness (QED) is 0.633. The number of carbonyl (C=O) groups is 1. The van der Waals surface area contributed by atoms with Gasteiger partial charge in [-0.15, -0.1) is 11.3 Å². The Hall–Kier alpha value is -1.33. The van der Waals surface area contributed by atoms with Crippen LogP contribution in [0.1, 0.15) is 15.2 Å². The first-order valence-corrected chi connectivity index (χ1v) is 5.89. The summed E-state index contributed by atoms with van der Waals surface area (Å²) in [6.07, 6.45) is 1.52. The van der Waals surface area contributed by atoms with E-state index in [0.29, 0.717) is 4.88 Å². The number of thiazole rings is 1. The maximum atomic E-state index is 13.4. The molecule has 1 aromatic heterocycles. The van der Waals surface area contributed by atoms with Gasteiger partial charge in [0.1, 0.15) is 11.6 Å². The molecule has 0 aliphatic heterocycles. The number of ketones is 1. The van der Waals surface area contributed by atoms with E-state index < -0.39 is 17.4 Å². The predicted octanol–water partition coefficient (Wildman–Crippen LogP) is 3.50. The van der Waals surface area contributed by atoms with Crippen molar-refractivity contribution in [1.29, 1.82) is 0 Å². The van der Waals surface area contributed by atoms with Crippen molar-refractivity contribution in [2.45, 2.75) is 6.42 Å². The van der Waals surface area contributed by atoms with Crippen LogP contribution in [0.4, 0.5) is 8.78 Å². The molecule has 0 amide bonds. The minimum atomic E-state index is -0.814. The smallest absolute Gasteiger partial charge is 0.171 e. The van der Waals surface area contributed by atoms with Crippen LogP contribution in [-0.2, 0) is 6.42 Å². The number of rotatable bonds is 3. The Morgan fingerprint density at radius 3 is 2.76 bits per heavy atom. The van der Waals surface area contributed by atoms with E-state index in [0.717, 1.165) is 12.1 Å². The SMILES string of the molecule is O=C(Cc1cncs1)c1cc(F)c(Cl)cc1F. The van der Waals surface area contributed by atoms with Crippen LogP contribution in [0.25, 0.3) is 0 Å². The molecular formula is C11H6ClF2NOS. The predicted molar refractivity (Wildman–Crippen MR) is 61.5 cm³/mol. The van der Waals surface area contributed by atoms with Gasteiger partial charge in [-0.1, -0.05) is 11.6 Å². The largest absolute Gasteiger partial charge is 0.294 e. The molecule has 1 aromatic carbocycles. The first kappa shape index (κ1) is 12.1. The van der Waals surface area contributed by atoms with Crippen LogP contribution in [0.15, 0.2) is 23.8 Å². The highest BCUT2D eigenvalue weighted by Gasteiger charge is 2.16. The van der Waals surface area contributed by atoms with Crippen molar-refractivity contribution < 1.29 is 13.6 Å². The van der Waals surface area contributed by atoms with Crippen LogP contribution < -0.4 is 0 Å². The number of hydrogen-bond donors (Lipinski definition) is 0. The Labute approximate surface area is 105 Å². The molecule has 6 heteroatoms. The number of aromatic nitrogens is 1. The number of Topliss-reactive ketones (excluding diaryl/α,β-unsaturated/α-hetero) is 1. The summed E-state index contributed by atoms with van der Waals surface area (Å²) < 4.78 is 26.6. The summed E-state index contributed by atoms with van der Waals surface area (Å²) in [5.74, 6) is -2.12. The average Bonchev–Trinajstić information content (AvgIpc) is 2.76. The number of halogens is 3. The lowest BCUT2D eigenvalue weighted by Crippen LogP contribution is -2.06. The molecule has 1 heterocycles. The van der Waals surface area contributed by atoms with Gasteiger partial charge in [0.05, 0.1) is 16.1 Å². The molecule has 0 N–H and O–H groups in total. The summed E-state index contributed by atoms with van der Waals surface area (Å²) >= 11 is 6.68. The summed E-state index contributed by atoms with van der Waals surface area (Å²) in [5.41, 5.74) is 1.28. The maximum absolute atomic E-state index is 13.4. The summed E-state index contributed by atoms with van der Waals surface area (Å²) in [4.78, 5) is 16.2. The fourth-order valence-electron chi connectivity index (χ4n) is 1.32. The molecule has 0 spiro atoms. The molecule has 0 saturated carbocycles. The van der Waals surface area contributed by atoms with E-state index >= 15 is 0 Å². The number of nitrogens with zero attached hydrogens (tertiary/aromatic N) is 1. The van der Waals surface area contributed by atoms with Gasteiger partial charge in [0.2, 0.25) is 0 Å². The van der Waals surface area contributed by atoms with Gasteiger partial charge < -0.3 is 0 Å². The second-order valence-corrected chi connectivity index (χ2v) is 4.69. The molecule has 0 fully saturated rings. The summed E-state index contributed by atoms with van der Waals surface area (Å²) in [6, 6.07) is 1.62. The van der Waals surface area contributed by atoms with Crippen molar-refractivity contribution in [3.8, 4) is 0 Å². The summed E-state index contributed by atoms with van der Waals surface area (Å²) in [7, 11) is 0. The van der Waals surface area contributed by atoms with Gasteiger partial charge in [0.25, 0.3) is 0 Å². The highest BCUT2D eigenvalue weighted by atomic mass is 35.5. The molecule has 0 unspecified atom stereocenters. The maximum Gasteiger partial charge on any atom is 0.171 e. The van der Waals surface area contributed by atoms with Gasteiger partial charge in [-0.05, 0) is 12.1 Å². The first-order valence-electron chi connectivity index (χ1n) is 4.63. The summed E-state index contributed by atoms with van der Waals surface area (Å²) in [6.45, 7) is 0. The van der Waals surface area contributed by atoms with Crippen LogP contribution in [0.3, 0.4) is 0 Å². The number of carbonyl (C=O) groups excluding carboxylic acids is 1. The highest BCUT2D eigenvalue weighted by molar-refractivity contribution is 7.09. The zero-order valence-electron chi connectivity index (χ0n) is 8.41. The van der Waals surface area contributed by atoms with Crippen LogP contribution in [-0.4, -0.2) is 10.8 Å². The van der Waals surface area contributed by atoms with Crippen molar-refractivity contribution in [3.05, 3.63) is 50.9 Å². The second-order valence-electron chi connectivity index (χ2n) is 3.31. The molecular weight excluding hydrogens is 268 g/mol. The van der Waals surface area contributed by atoms with Gasteiger partial charge in [0.15, 0.2) is 5.78 Å². The Balaban J connectivity index is 2.28. The van der Waals surface area contributed by atoms with Gasteiger partial charge >= 0.3 is 0 Å². The van der Waals surface area contributed by atoms with E-state index in [2.05, 4.69) is 4.98 Å². The molecule has 2 rings (SSSR count). The van der Waals surface area contributed by atoms with Crippen molar-refractivity contribution >= 4 is 28.7 Å². The average molecular weight is 274 g/mol. The molecule has 0 saturated heterocycles. The van der Waals surface area contributed by atoms with Crippen LogP contribution in [0.2, 0.25) is 5.02 Å². The van der Waals surface area contributed by atoms with Crippen LogP contribution >= 0.6 is 22.9 Å². The van der Waals surface area contributed by atoms with E-state index in [-0.39, 0.29) is 17.0 Å². The first-order chi connectivity index (χ1) is 8.08. The Morgan fingerprint density at radius 1 is 1.35 bits per heavy atom. The van der Waals surface area contributed by atoms with Crippen molar-refractivity contribution in [2.24, 2.45) is 0 Å². The van der Waals surface area contributed by atoms with E-state index in [1.54, 1.807) is 5.51 Å². The molecule has 0 atom stereocenters. The highest BCUT2D eigenvalue weighted by Crippen LogP contribution is 2.21. The lowest BCUT2D eigenvalue weighted by atomic mass is 10.1. The zero-order valence-corrected chi connectivity index (χ0v) is 9.99. The zero-order chi connectivity index (χ0) is 12.4. The molecule has 2 nitrogen and oxygen atoms in total. The second kappa shape index (κ2) is 4.89. The Kier molecular flexibility index (Phi) is 3.49. The van der Waals surface area contributed by atoms with Crippen molar-refractivity contribution in [3.63, 3.8) is 0 Å². The minimum absolute atomic E-state index is 0.00264. The van der Waals surface area contributed by atoms with Gasteiger partial charge in [-0.25, -0.2) is 8.78 Å². The lowest BCUT2D eigenvalue weighted by Gasteiger charge is -2.02. The fourth-order valence-corrected chi connectivity index (χ4v) is 2.06. The van der Waals surface area contributed by atoms with E-state index in [4.69, 9.17) is 11.6 Å². The number of hydrogen-bond acceptors (Lipinski definition) is 3. The molecule has 0 aliphatic carbocycles. The standard InChI is InChI=1S/C11H6ClF2NOS/c12-8-3-9(13)7(2-10(8)14)11(16)1-6-4-15-5-17-6/h2-5H,1H2. The Bertz CT molecular complexity index is 557. The Morgan fingerprint density at radius 2 is 2.12 bits per heavy atom. The van der Waals surface area contributed by atoms with Crippen LogP contribution in [0, 0.1) is 11.6 Å². The van der Waals surface area contributed by atoms with Gasteiger partial charge in [0, 0.05) is 17.5 Å².